The van der Waals surface area contributed by atoms with Crippen LogP contribution < -0.4 is 16.4 Å². The minimum absolute atomic E-state index is 0.0324. The molecule has 1 fully saturated rings. The zero-order valence-electron chi connectivity index (χ0n) is 10.7. The van der Waals surface area contributed by atoms with Crippen molar-refractivity contribution in [2.75, 3.05) is 5.32 Å². The Morgan fingerprint density at radius 1 is 1.37 bits per heavy atom. The molecule has 1 aliphatic carbocycles. The Hall–Kier alpha value is -2.06. The number of nitriles is 1. The number of anilines is 1. The van der Waals surface area contributed by atoms with Crippen LogP contribution in [0.15, 0.2) is 24.3 Å². The predicted molar refractivity (Wildman–Crippen MR) is 73.5 cm³/mol. The highest BCUT2D eigenvalue weighted by Gasteiger charge is 2.23. The van der Waals surface area contributed by atoms with Crippen LogP contribution in [0.2, 0.25) is 0 Å². The lowest BCUT2D eigenvalue weighted by Gasteiger charge is -2.29. The zero-order chi connectivity index (χ0) is 13.7. The van der Waals surface area contributed by atoms with Gasteiger partial charge in [0, 0.05) is 17.8 Å². The van der Waals surface area contributed by atoms with Gasteiger partial charge in [-0.15, -0.1) is 0 Å². The topological polar surface area (TPSA) is 90.9 Å². The second kappa shape index (κ2) is 6.21. The zero-order valence-corrected chi connectivity index (χ0v) is 10.7. The van der Waals surface area contributed by atoms with Gasteiger partial charge >= 0.3 is 6.03 Å². The van der Waals surface area contributed by atoms with Gasteiger partial charge in [0.15, 0.2) is 0 Å². The van der Waals surface area contributed by atoms with Gasteiger partial charge in [-0.1, -0.05) is 18.9 Å². The second-order valence-corrected chi connectivity index (χ2v) is 4.85. The molecule has 0 saturated heterocycles. The summed E-state index contributed by atoms with van der Waals surface area (Å²) in [6.45, 7) is 0. The van der Waals surface area contributed by atoms with Gasteiger partial charge in [-0.2, -0.15) is 5.26 Å². The monoisotopic (exact) mass is 258 g/mol. The lowest BCUT2D eigenvalue weighted by Crippen LogP contribution is -2.50. The molecule has 2 rings (SSSR count). The van der Waals surface area contributed by atoms with Crippen molar-refractivity contribution in [1.29, 1.82) is 5.26 Å². The van der Waals surface area contributed by atoms with Gasteiger partial charge in [0.2, 0.25) is 0 Å². The van der Waals surface area contributed by atoms with E-state index in [2.05, 4.69) is 10.6 Å². The van der Waals surface area contributed by atoms with Gasteiger partial charge in [0.1, 0.15) is 0 Å². The van der Waals surface area contributed by atoms with Crippen molar-refractivity contribution in [3.05, 3.63) is 29.8 Å². The van der Waals surface area contributed by atoms with Crippen molar-refractivity contribution in [3.8, 4) is 6.07 Å². The number of carbonyl (C=O) groups is 1. The van der Waals surface area contributed by atoms with Crippen molar-refractivity contribution >= 4 is 11.7 Å². The summed E-state index contributed by atoms with van der Waals surface area (Å²) in [5, 5.41) is 14.4. The van der Waals surface area contributed by atoms with E-state index in [-0.39, 0.29) is 18.1 Å². The molecule has 0 spiro atoms. The third kappa shape index (κ3) is 3.70. The van der Waals surface area contributed by atoms with Gasteiger partial charge < -0.3 is 16.4 Å². The summed E-state index contributed by atoms with van der Waals surface area (Å²) in [6.07, 6.45) is 4.11. The lowest BCUT2D eigenvalue weighted by atomic mass is 9.91. The highest BCUT2D eigenvalue weighted by Crippen LogP contribution is 2.17. The number of nitrogens with zero attached hydrogens (tertiary/aromatic N) is 1. The maximum atomic E-state index is 11.9. The molecule has 0 bridgehead atoms. The molecule has 2 unspecified atom stereocenters. The molecule has 1 aliphatic rings. The van der Waals surface area contributed by atoms with E-state index in [4.69, 9.17) is 11.0 Å². The molecule has 1 aromatic carbocycles. The number of benzene rings is 1. The van der Waals surface area contributed by atoms with Crippen LogP contribution in [0.5, 0.6) is 0 Å². The Morgan fingerprint density at radius 3 is 2.89 bits per heavy atom. The first-order valence-electron chi connectivity index (χ1n) is 6.52. The number of urea groups is 1. The van der Waals surface area contributed by atoms with Crippen LogP contribution in [0.3, 0.4) is 0 Å². The fourth-order valence-corrected chi connectivity index (χ4v) is 2.34. The average molecular weight is 258 g/mol. The van der Waals surface area contributed by atoms with Crippen molar-refractivity contribution in [2.24, 2.45) is 5.73 Å². The van der Waals surface area contributed by atoms with Crippen LogP contribution in [0, 0.1) is 11.3 Å². The minimum Gasteiger partial charge on any atom is -0.334 e. The summed E-state index contributed by atoms with van der Waals surface area (Å²) in [5.41, 5.74) is 7.11. The van der Waals surface area contributed by atoms with Crippen LogP contribution in [-0.4, -0.2) is 18.1 Å². The van der Waals surface area contributed by atoms with Gasteiger partial charge in [0.25, 0.3) is 0 Å². The lowest BCUT2D eigenvalue weighted by molar-refractivity contribution is 0.240. The number of carbonyl (C=O) groups excluding carboxylic acids is 1. The van der Waals surface area contributed by atoms with E-state index in [0.29, 0.717) is 11.3 Å². The van der Waals surface area contributed by atoms with Crippen LogP contribution in [0.25, 0.3) is 0 Å². The molecule has 0 aliphatic heterocycles. The maximum Gasteiger partial charge on any atom is 0.319 e. The molecule has 1 aromatic rings. The molecule has 2 amide bonds. The molecular formula is C14H18N4O. The molecule has 19 heavy (non-hydrogen) atoms. The number of nitrogens with one attached hydrogen (secondary N) is 2. The molecule has 4 N–H and O–H groups in total. The predicted octanol–water partition coefficient (Wildman–Crippen LogP) is 1.95. The standard InChI is InChI=1S/C14H18N4O/c15-9-10-4-3-5-11(8-10)17-14(19)18-13-7-2-1-6-12(13)16/h3-5,8,12-13H,1-2,6-7,16H2,(H2,17,18,19). The van der Waals surface area contributed by atoms with Gasteiger partial charge in [0.05, 0.1) is 11.6 Å². The van der Waals surface area contributed by atoms with E-state index in [1.807, 2.05) is 6.07 Å². The molecule has 0 radical (unpaired) electrons. The molecule has 100 valence electrons. The Labute approximate surface area is 112 Å². The Kier molecular flexibility index (Phi) is 4.37. The Morgan fingerprint density at radius 2 is 2.16 bits per heavy atom. The third-order valence-electron chi connectivity index (χ3n) is 3.39. The molecular weight excluding hydrogens is 240 g/mol. The van der Waals surface area contributed by atoms with E-state index >= 15 is 0 Å². The summed E-state index contributed by atoms with van der Waals surface area (Å²) in [6, 6.07) is 8.66. The van der Waals surface area contributed by atoms with E-state index in [0.717, 1.165) is 25.7 Å². The van der Waals surface area contributed by atoms with Crippen LogP contribution in [0.1, 0.15) is 31.2 Å². The first kappa shape index (κ1) is 13.4. The maximum absolute atomic E-state index is 11.9. The number of hydrogen-bond acceptors (Lipinski definition) is 3. The van der Waals surface area contributed by atoms with Crippen LogP contribution in [-0.2, 0) is 0 Å². The minimum atomic E-state index is -0.266. The summed E-state index contributed by atoms with van der Waals surface area (Å²) in [7, 11) is 0. The van der Waals surface area contributed by atoms with Crippen molar-refractivity contribution < 1.29 is 4.79 Å². The summed E-state index contributed by atoms with van der Waals surface area (Å²) < 4.78 is 0. The van der Waals surface area contributed by atoms with E-state index in [1.165, 1.54) is 0 Å². The smallest absolute Gasteiger partial charge is 0.319 e. The molecule has 1 saturated carbocycles. The van der Waals surface area contributed by atoms with E-state index in [1.54, 1.807) is 24.3 Å². The van der Waals surface area contributed by atoms with Gasteiger partial charge in [-0.3, -0.25) is 0 Å². The molecule has 0 heterocycles. The summed E-state index contributed by atoms with van der Waals surface area (Å²) in [4.78, 5) is 11.9. The van der Waals surface area contributed by atoms with Crippen LogP contribution >= 0.6 is 0 Å². The van der Waals surface area contributed by atoms with E-state index in [9.17, 15) is 4.79 Å². The SMILES string of the molecule is N#Cc1cccc(NC(=O)NC2CCCCC2N)c1. The Bertz CT molecular complexity index is 494. The number of nitrogens with two attached hydrogens (primary N) is 1. The molecule has 5 nitrogen and oxygen atoms in total. The third-order valence-corrected chi connectivity index (χ3v) is 3.39. The average Bonchev–Trinajstić information content (AvgIpc) is 2.41. The molecule has 5 heteroatoms. The van der Waals surface area contributed by atoms with Crippen molar-refractivity contribution in [3.63, 3.8) is 0 Å². The van der Waals surface area contributed by atoms with Crippen LogP contribution in [0.4, 0.5) is 10.5 Å². The van der Waals surface area contributed by atoms with Gasteiger partial charge in [-0.25, -0.2) is 4.79 Å². The van der Waals surface area contributed by atoms with Crippen molar-refractivity contribution in [1.82, 2.24) is 5.32 Å². The van der Waals surface area contributed by atoms with E-state index < -0.39 is 0 Å². The largest absolute Gasteiger partial charge is 0.334 e. The first-order valence-corrected chi connectivity index (χ1v) is 6.52. The highest BCUT2D eigenvalue weighted by atomic mass is 16.2. The number of rotatable bonds is 2. The van der Waals surface area contributed by atoms with Crippen molar-refractivity contribution in [2.45, 2.75) is 37.8 Å². The van der Waals surface area contributed by atoms with Gasteiger partial charge in [-0.05, 0) is 31.0 Å². The second-order valence-electron chi connectivity index (χ2n) is 4.85. The highest BCUT2D eigenvalue weighted by molar-refractivity contribution is 5.89. The normalized spacial score (nSPS) is 22.3. The quantitative estimate of drug-likeness (QED) is 0.757. The summed E-state index contributed by atoms with van der Waals surface area (Å²) >= 11 is 0. The Balaban J connectivity index is 1.91. The first-order chi connectivity index (χ1) is 9.19. The summed E-state index contributed by atoms with van der Waals surface area (Å²) in [5.74, 6) is 0. The molecule has 2 atom stereocenters. The fourth-order valence-electron chi connectivity index (χ4n) is 2.34. The number of amides is 2. The number of hydrogen-bond donors (Lipinski definition) is 3. The fraction of sp³-hybridized carbons (Fsp3) is 0.429. The molecule has 0 aromatic heterocycles.